The molecule has 0 aliphatic rings. The molecule has 0 radical (unpaired) electrons. The van der Waals surface area contributed by atoms with E-state index in [2.05, 4.69) is 25.8 Å². The third-order valence-electron chi connectivity index (χ3n) is 4.90. The smallest absolute Gasteiger partial charge is 0.258 e. The summed E-state index contributed by atoms with van der Waals surface area (Å²) < 4.78 is 5.15. The van der Waals surface area contributed by atoms with Gasteiger partial charge >= 0.3 is 0 Å². The maximum Gasteiger partial charge on any atom is 0.258 e. The van der Waals surface area contributed by atoms with Gasteiger partial charge in [0, 0.05) is 22.8 Å². The molecular formula is C24H23N5O3S2. The topological polar surface area (TPSA) is 110 Å². The summed E-state index contributed by atoms with van der Waals surface area (Å²) in [7, 11) is 0. The maximum atomic E-state index is 13.0. The number of hydrogen-bond donors (Lipinski definition) is 2. The van der Waals surface area contributed by atoms with Crippen LogP contribution in [0.1, 0.15) is 47.5 Å². The van der Waals surface area contributed by atoms with E-state index in [-0.39, 0.29) is 17.9 Å². The molecule has 8 nitrogen and oxygen atoms in total. The fraction of sp³-hybridized carbons (Fsp3) is 0.208. The van der Waals surface area contributed by atoms with Crippen molar-refractivity contribution >= 4 is 40.0 Å². The highest BCUT2D eigenvalue weighted by Gasteiger charge is 2.15. The molecule has 2 aromatic heterocycles. The third kappa shape index (κ3) is 5.89. The first kappa shape index (κ1) is 23.7. The Hall–Kier alpha value is -3.50. The predicted octanol–water partition coefficient (Wildman–Crippen LogP) is 5.24. The first-order valence-corrected chi connectivity index (χ1v) is 12.4. The highest BCUT2D eigenvalue weighted by Crippen LogP contribution is 2.29. The molecule has 0 bridgehead atoms. The summed E-state index contributed by atoms with van der Waals surface area (Å²) in [5.74, 6) is 1.27. The molecule has 10 heteroatoms. The maximum absolute atomic E-state index is 13.0. The summed E-state index contributed by atoms with van der Waals surface area (Å²) in [5, 5.41) is 12.0. The molecule has 0 saturated heterocycles. The number of aryl methyl sites for hydroxylation is 1. The van der Waals surface area contributed by atoms with E-state index < -0.39 is 0 Å². The monoisotopic (exact) mass is 493 g/mol. The number of nitrogens with zero attached hydrogens (tertiary/aromatic N) is 3. The van der Waals surface area contributed by atoms with Crippen LogP contribution in [0.25, 0.3) is 11.3 Å². The van der Waals surface area contributed by atoms with Crippen molar-refractivity contribution in [2.45, 2.75) is 37.5 Å². The molecule has 2 amide bonds. The van der Waals surface area contributed by atoms with Gasteiger partial charge in [0.1, 0.15) is 0 Å². The van der Waals surface area contributed by atoms with Crippen LogP contribution in [0.2, 0.25) is 0 Å². The van der Waals surface area contributed by atoms with Gasteiger partial charge in [-0.3, -0.25) is 14.9 Å². The average Bonchev–Trinajstić information content (AvgIpc) is 3.46. The standard InChI is InChI=1S/C24H23N5O3S2/c1-14(25-16(3)30)17-8-10-18(11-9-17)20-12-34-24(27-20)28-23(31)19-6-4-5-7-21(19)33-13-22-26-15(2)29-32-22/h4-12,14H,13H2,1-3H3,(H,25,30)(H,27,28,31). The van der Waals surface area contributed by atoms with E-state index in [0.717, 1.165) is 21.7 Å². The molecule has 0 aliphatic heterocycles. The van der Waals surface area contributed by atoms with Crippen LogP contribution in [0.15, 0.2) is 63.3 Å². The fourth-order valence-corrected chi connectivity index (χ4v) is 4.88. The van der Waals surface area contributed by atoms with Gasteiger partial charge < -0.3 is 9.84 Å². The molecule has 0 saturated carbocycles. The van der Waals surface area contributed by atoms with E-state index in [0.29, 0.717) is 28.2 Å². The molecule has 1 unspecified atom stereocenters. The second-order valence-electron chi connectivity index (χ2n) is 7.56. The van der Waals surface area contributed by atoms with Crippen molar-refractivity contribution in [1.29, 1.82) is 0 Å². The number of carbonyl (C=O) groups is 2. The van der Waals surface area contributed by atoms with E-state index in [1.807, 2.05) is 54.8 Å². The first-order chi connectivity index (χ1) is 16.4. The number of anilines is 1. The van der Waals surface area contributed by atoms with Gasteiger partial charge in [-0.1, -0.05) is 41.6 Å². The van der Waals surface area contributed by atoms with E-state index in [1.54, 1.807) is 13.0 Å². The summed E-state index contributed by atoms with van der Waals surface area (Å²) in [6, 6.07) is 15.2. The first-order valence-electron chi connectivity index (χ1n) is 10.5. The van der Waals surface area contributed by atoms with Crippen LogP contribution in [0.5, 0.6) is 0 Å². The van der Waals surface area contributed by atoms with Gasteiger partial charge in [0.05, 0.1) is 23.1 Å². The Kier molecular flexibility index (Phi) is 7.39. The van der Waals surface area contributed by atoms with Crippen LogP contribution in [0, 0.1) is 6.92 Å². The molecule has 2 aromatic carbocycles. The second kappa shape index (κ2) is 10.6. The van der Waals surface area contributed by atoms with Crippen LogP contribution >= 0.6 is 23.1 Å². The Morgan fingerprint density at radius 1 is 1.12 bits per heavy atom. The molecule has 2 heterocycles. The van der Waals surface area contributed by atoms with E-state index >= 15 is 0 Å². The molecule has 174 valence electrons. The number of thiazole rings is 1. The van der Waals surface area contributed by atoms with Crippen molar-refractivity contribution in [1.82, 2.24) is 20.4 Å². The van der Waals surface area contributed by atoms with E-state index in [9.17, 15) is 9.59 Å². The van der Waals surface area contributed by atoms with Crippen LogP contribution in [-0.4, -0.2) is 26.9 Å². The summed E-state index contributed by atoms with van der Waals surface area (Å²) in [6.45, 7) is 5.20. The molecule has 4 rings (SSSR count). The summed E-state index contributed by atoms with van der Waals surface area (Å²) in [6.07, 6.45) is 0. The van der Waals surface area contributed by atoms with Gasteiger partial charge in [-0.15, -0.1) is 23.1 Å². The SMILES string of the molecule is CC(=O)NC(C)c1ccc(-c2csc(NC(=O)c3ccccc3SCc3nc(C)no3)n2)cc1. The zero-order chi connectivity index (χ0) is 24.1. The molecular weight excluding hydrogens is 470 g/mol. The highest BCUT2D eigenvalue weighted by atomic mass is 32.2. The summed E-state index contributed by atoms with van der Waals surface area (Å²) in [5.41, 5.74) is 3.26. The molecule has 0 fully saturated rings. The van der Waals surface area contributed by atoms with Gasteiger partial charge in [-0.05, 0) is 31.5 Å². The van der Waals surface area contributed by atoms with Crippen molar-refractivity contribution in [2.75, 3.05) is 5.32 Å². The zero-order valence-corrected chi connectivity index (χ0v) is 20.5. The zero-order valence-electron chi connectivity index (χ0n) is 18.9. The second-order valence-corrected chi connectivity index (χ2v) is 9.43. The van der Waals surface area contributed by atoms with Crippen molar-refractivity contribution in [2.24, 2.45) is 0 Å². The number of hydrogen-bond acceptors (Lipinski definition) is 8. The van der Waals surface area contributed by atoms with Crippen LogP contribution in [0.4, 0.5) is 5.13 Å². The number of nitrogens with one attached hydrogen (secondary N) is 2. The van der Waals surface area contributed by atoms with Crippen molar-refractivity contribution < 1.29 is 14.1 Å². The number of carbonyl (C=O) groups excluding carboxylic acids is 2. The molecule has 34 heavy (non-hydrogen) atoms. The fourth-order valence-electron chi connectivity index (χ4n) is 3.28. The van der Waals surface area contributed by atoms with Gasteiger partial charge in [-0.25, -0.2) is 4.98 Å². The van der Waals surface area contributed by atoms with Gasteiger partial charge in [0.15, 0.2) is 11.0 Å². The number of amides is 2. The lowest BCUT2D eigenvalue weighted by molar-refractivity contribution is -0.119. The van der Waals surface area contributed by atoms with Crippen LogP contribution < -0.4 is 10.6 Å². The van der Waals surface area contributed by atoms with E-state index in [4.69, 9.17) is 4.52 Å². The minimum absolute atomic E-state index is 0.0684. The molecule has 1 atom stereocenters. The highest BCUT2D eigenvalue weighted by molar-refractivity contribution is 7.98. The summed E-state index contributed by atoms with van der Waals surface area (Å²) in [4.78, 5) is 33.8. The Labute approximate surface area is 205 Å². The lowest BCUT2D eigenvalue weighted by Gasteiger charge is -2.13. The lowest BCUT2D eigenvalue weighted by Crippen LogP contribution is -2.23. The molecule has 0 aliphatic carbocycles. The Morgan fingerprint density at radius 3 is 2.59 bits per heavy atom. The molecule has 0 spiro atoms. The quantitative estimate of drug-likeness (QED) is 0.323. The van der Waals surface area contributed by atoms with Crippen molar-refractivity contribution in [3.05, 3.63) is 76.8 Å². The van der Waals surface area contributed by atoms with Crippen LogP contribution in [0.3, 0.4) is 0 Å². The molecule has 4 aromatic rings. The Balaban J connectivity index is 1.42. The van der Waals surface area contributed by atoms with Gasteiger partial charge in [0.2, 0.25) is 11.8 Å². The van der Waals surface area contributed by atoms with Crippen LogP contribution in [-0.2, 0) is 10.5 Å². The number of aromatic nitrogens is 3. The predicted molar refractivity (Wildman–Crippen MR) is 133 cm³/mol. The lowest BCUT2D eigenvalue weighted by atomic mass is 10.1. The van der Waals surface area contributed by atoms with Crippen molar-refractivity contribution in [3.63, 3.8) is 0 Å². The summed E-state index contributed by atoms with van der Waals surface area (Å²) >= 11 is 2.83. The minimum atomic E-state index is -0.231. The number of thioether (sulfide) groups is 1. The third-order valence-corrected chi connectivity index (χ3v) is 6.72. The Morgan fingerprint density at radius 2 is 1.88 bits per heavy atom. The van der Waals surface area contributed by atoms with Gasteiger partial charge in [0.25, 0.3) is 5.91 Å². The number of rotatable bonds is 8. The van der Waals surface area contributed by atoms with Gasteiger partial charge in [-0.2, -0.15) is 4.98 Å². The Bertz CT molecular complexity index is 1300. The average molecular weight is 494 g/mol. The van der Waals surface area contributed by atoms with E-state index in [1.165, 1.54) is 30.0 Å². The minimum Gasteiger partial charge on any atom is -0.350 e. The normalized spacial score (nSPS) is 11.7. The molecule has 2 N–H and O–H groups in total. The largest absolute Gasteiger partial charge is 0.350 e. The van der Waals surface area contributed by atoms with Crippen molar-refractivity contribution in [3.8, 4) is 11.3 Å². The number of benzene rings is 2.